The number of carbonyl (C=O) groups excluding carboxylic acids is 1. The van der Waals surface area contributed by atoms with E-state index in [-0.39, 0.29) is 6.42 Å². The number of carboxylic acid groups (broad SMARTS) is 1. The summed E-state index contributed by atoms with van der Waals surface area (Å²) in [4.78, 5) is 23.6. The minimum Gasteiger partial charge on any atom is -0.478 e. The molecule has 142 valence electrons. The first-order valence-corrected chi connectivity index (χ1v) is 9.06. The van der Waals surface area contributed by atoms with E-state index < -0.39 is 23.3 Å². The van der Waals surface area contributed by atoms with Gasteiger partial charge in [-0.1, -0.05) is 46.5 Å². The number of carboxylic acids is 1. The summed E-state index contributed by atoms with van der Waals surface area (Å²) in [5, 5.41) is 15.0. The first kappa shape index (κ1) is 22.7. The third-order valence-corrected chi connectivity index (χ3v) is 4.11. The first-order chi connectivity index (χ1) is 11.1. The maximum atomic E-state index is 11.9. The lowest BCUT2D eigenvalue weighted by molar-refractivity contribution is -0.146. The molecule has 0 aliphatic heterocycles. The Kier molecular flexibility index (Phi) is 9.97. The summed E-state index contributed by atoms with van der Waals surface area (Å²) in [5.74, 6) is -0.365. The van der Waals surface area contributed by atoms with Crippen LogP contribution in [-0.2, 0) is 9.53 Å². The van der Waals surface area contributed by atoms with E-state index in [0.29, 0.717) is 6.54 Å². The van der Waals surface area contributed by atoms with Crippen molar-refractivity contribution in [2.75, 3.05) is 6.54 Å². The van der Waals surface area contributed by atoms with Gasteiger partial charge in [-0.25, -0.2) is 9.59 Å². The fourth-order valence-corrected chi connectivity index (χ4v) is 2.32. The fraction of sp³-hybridized carbons (Fsp3) is 0.889. The predicted molar refractivity (Wildman–Crippen MR) is 96.0 cm³/mol. The molecule has 6 heteroatoms. The molecule has 0 aromatic heterocycles. The second-order valence-electron chi connectivity index (χ2n) is 7.48. The van der Waals surface area contributed by atoms with Crippen LogP contribution in [0.5, 0.6) is 0 Å². The molecule has 0 spiro atoms. The highest BCUT2D eigenvalue weighted by molar-refractivity contribution is 5.83. The van der Waals surface area contributed by atoms with Crippen LogP contribution in [0, 0.1) is 5.92 Å². The smallest absolute Gasteiger partial charge is 0.409 e. The topological polar surface area (TPSA) is 87.7 Å². The molecule has 0 fully saturated rings. The van der Waals surface area contributed by atoms with E-state index in [9.17, 15) is 14.7 Å². The number of carbonyl (C=O) groups is 2. The average molecular weight is 344 g/mol. The molecule has 0 aliphatic rings. The van der Waals surface area contributed by atoms with Gasteiger partial charge in [-0.3, -0.25) is 10.6 Å². The molecule has 0 rings (SSSR count). The maximum absolute atomic E-state index is 11.9. The molecule has 24 heavy (non-hydrogen) atoms. The van der Waals surface area contributed by atoms with Gasteiger partial charge in [0.05, 0.1) is 0 Å². The monoisotopic (exact) mass is 344 g/mol. The minimum absolute atomic E-state index is 0.231. The van der Waals surface area contributed by atoms with E-state index in [1.807, 2.05) is 0 Å². The Morgan fingerprint density at radius 3 is 2.21 bits per heavy atom. The van der Waals surface area contributed by atoms with Crippen molar-refractivity contribution in [3.63, 3.8) is 0 Å². The summed E-state index contributed by atoms with van der Waals surface area (Å²) < 4.78 is 5.18. The van der Waals surface area contributed by atoms with Crippen LogP contribution in [0.4, 0.5) is 4.79 Å². The van der Waals surface area contributed by atoms with Crippen molar-refractivity contribution < 1.29 is 19.4 Å². The summed E-state index contributed by atoms with van der Waals surface area (Å²) in [7, 11) is 0. The minimum atomic E-state index is -1.49. The normalized spacial score (nSPS) is 15.4. The molecule has 0 saturated heterocycles. The first-order valence-electron chi connectivity index (χ1n) is 9.06. The van der Waals surface area contributed by atoms with E-state index in [1.54, 1.807) is 27.7 Å². The molecule has 0 aromatic carbocycles. The maximum Gasteiger partial charge on any atom is 0.409 e. The van der Waals surface area contributed by atoms with Gasteiger partial charge < -0.3 is 9.84 Å². The molecule has 0 radical (unpaired) electrons. The Bertz CT molecular complexity index is 393. The van der Waals surface area contributed by atoms with Crippen molar-refractivity contribution in [1.29, 1.82) is 0 Å². The van der Waals surface area contributed by atoms with Gasteiger partial charge in [-0.15, -0.1) is 0 Å². The van der Waals surface area contributed by atoms with E-state index >= 15 is 0 Å². The molecular formula is C18H36N2O4. The highest BCUT2D eigenvalue weighted by Gasteiger charge is 2.39. The number of nitrogens with one attached hydrogen (secondary N) is 2. The summed E-state index contributed by atoms with van der Waals surface area (Å²) in [6, 6.07) is 0. The highest BCUT2D eigenvalue weighted by atomic mass is 16.6. The highest BCUT2D eigenvalue weighted by Crippen LogP contribution is 2.14. The lowest BCUT2D eigenvalue weighted by Gasteiger charge is -2.31. The molecule has 1 amide bonds. The van der Waals surface area contributed by atoms with Crippen LogP contribution in [0.2, 0.25) is 0 Å². The van der Waals surface area contributed by atoms with Gasteiger partial charge in [0.25, 0.3) is 0 Å². The summed E-state index contributed by atoms with van der Waals surface area (Å²) >= 11 is 0. The van der Waals surface area contributed by atoms with Gasteiger partial charge in [0.15, 0.2) is 5.66 Å². The van der Waals surface area contributed by atoms with Gasteiger partial charge >= 0.3 is 12.1 Å². The van der Waals surface area contributed by atoms with Gasteiger partial charge in [-0.2, -0.15) is 0 Å². The number of alkyl carbamates (subject to hydrolysis) is 1. The standard InChI is InChI=1S/C18H36N2O4/c1-7-14(3)12-10-9-11-13-19-18(8-2,15(21)22)20-16(23)24-17(4,5)6/h14,19H,7-13H2,1-6H3,(H,20,23)(H,21,22)/t14-,18?/m0/s1. The Labute approximate surface area is 146 Å². The number of unbranched alkanes of at least 4 members (excludes halogenated alkanes) is 2. The lowest BCUT2D eigenvalue weighted by atomic mass is 10.0. The Morgan fingerprint density at radius 1 is 1.12 bits per heavy atom. The third kappa shape index (κ3) is 9.11. The SMILES string of the molecule is CC[C@H](C)CCCCCNC(CC)(NC(=O)OC(C)(C)C)C(=O)O. The molecule has 1 unspecified atom stereocenters. The number of amides is 1. The van der Waals surface area contributed by atoms with Crippen molar-refractivity contribution in [3.05, 3.63) is 0 Å². The van der Waals surface area contributed by atoms with Gasteiger partial charge in [0, 0.05) is 0 Å². The van der Waals surface area contributed by atoms with E-state index in [2.05, 4.69) is 24.5 Å². The van der Waals surface area contributed by atoms with Crippen LogP contribution in [0.15, 0.2) is 0 Å². The Hall–Kier alpha value is -1.30. The van der Waals surface area contributed by atoms with Gasteiger partial charge in [0.1, 0.15) is 5.60 Å². The van der Waals surface area contributed by atoms with Crippen LogP contribution < -0.4 is 10.6 Å². The number of aliphatic carboxylic acids is 1. The fourth-order valence-electron chi connectivity index (χ4n) is 2.32. The Balaban J connectivity index is 4.45. The molecule has 0 saturated carbocycles. The van der Waals surface area contributed by atoms with Crippen LogP contribution >= 0.6 is 0 Å². The van der Waals surface area contributed by atoms with Crippen molar-refractivity contribution in [2.24, 2.45) is 5.92 Å². The molecule has 6 nitrogen and oxygen atoms in total. The second-order valence-corrected chi connectivity index (χ2v) is 7.48. The van der Waals surface area contributed by atoms with Crippen molar-refractivity contribution in [1.82, 2.24) is 10.6 Å². The zero-order valence-corrected chi connectivity index (χ0v) is 16.2. The van der Waals surface area contributed by atoms with E-state index in [0.717, 1.165) is 25.2 Å². The average Bonchev–Trinajstić information content (AvgIpc) is 2.46. The van der Waals surface area contributed by atoms with Crippen molar-refractivity contribution in [3.8, 4) is 0 Å². The van der Waals surface area contributed by atoms with E-state index in [1.165, 1.54) is 12.8 Å². The Morgan fingerprint density at radius 2 is 1.75 bits per heavy atom. The lowest BCUT2D eigenvalue weighted by Crippen LogP contribution is -2.64. The van der Waals surface area contributed by atoms with Crippen LogP contribution in [0.25, 0.3) is 0 Å². The van der Waals surface area contributed by atoms with Crippen LogP contribution in [0.3, 0.4) is 0 Å². The largest absolute Gasteiger partial charge is 0.478 e. The van der Waals surface area contributed by atoms with Gasteiger partial charge in [-0.05, 0) is 46.1 Å². The number of hydrogen-bond donors (Lipinski definition) is 3. The molecule has 3 N–H and O–H groups in total. The predicted octanol–water partition coefficient (Wildman–Crippen LogP) is 3.90. The number of rotatable bonds is 11. The zero-order chi connectivity index (χ0) is 18.8. The van der Waals surface area contributed by atoms with Crippen LogP contribution in [0.1, 0.15) is 80.1 Å². The van der Waals surface area contributed by atoms with Crippen molar-refractivity contribution in [2.45, 2.75) is 91.3 Å². The summed E-state index contributed by atoms with van der Waals surface area (Å²) in [6.45, 7) is 11.9. The molecule has 0 heterocycles. The molecule has 0 bridgehead atoms. The van der Waals surface area contributed by atoms with E-state index in [4.69, 9.17) is 4.74 Å². The van der Waals surface area contributed by atoms with Crippen molar-refractivity contribution >= 4 is 12.1 Å². The zero-order valence-electron chi connectivity index (χ0n) is 16.2. The van der Waals surface area contributed by atoms with Gasteiger partial charge in [0.2, 0.25) is 0 Å². The number of hydrogen-bond acceptors (Lipinski definition) is 4. The van der Waals surface area contributed by atoms with Crippen LogP contribution in [-0.4, -0.2) is 35.0 Å². The third-order valence-electron chi connectivity index (χ3n) is 4.11. The molecule has 2 atom stereocenters. The summed E-state index contributed by atoms with van der Waals surface area (Å²) in [5.41, 5.74) is -2.16. The number of ether oxygens (including phenoxy) is 1. The molecule has 0 aliphatic carbocycles. The molecule has 0 aromatic rings. The quantitative estimate of drug-likeness (QED) is 0.391. The second kappa shape index (κ2) is 10.5. The summed E-state index contributed by atoms with van der Waals surface area (Å²) in [6.07, 6.45) is 4.96. The molecular weight excluding hydrogens is 308 g/mol.